The summed E-state index contributed by atoms with van der Waals surface area (Å²) in [5.74, 6) is 0. The van der Waals surface area contributed by atoms with Gasteiger partial charge in [0, 0.05) is 12.8 Å². The van der Waals surface area contributed by atoms with Gasteiger partial charge < -0.3 is 20.8 Å². The molecule has 110 valence electrons. The third-order valence-electron chi connectivity index (χ3n) is 3.12. The summed E-state index contributed by atoms with van der Waals surface area (Å²) in [6.07, 6.45) is 0.517. The molecule has 2 aromatic carbocycles. The molecule has 0 heterocycles. The van der Waals surface area contributed by atoms with E-state index in [0.717, 1.165) is 11.1 Å². The average Bonchev–Trinajstić information content (AvgIpc) is 2.49. The molecule has 21 heavy (non-hydrogen) atoms. The summed E-state index contributed by atoms with van der Waals surface area (Å²) in [5.41, 5.74) is 14.1. The first-order valence-corrected chi connectivity index (χ1v) is 7.06. The molecule has 0 aliphatic carbocycles. The van der Waals surface area contributed by atoms with E-state index < -0.39 is 12.5 Å². The van der Waals surface area contributed by atoms with Crippen molar-refractivity contribution in [3.05, 3.63) is 71.8 Å². The number of benzene rings is 2. The lowest BCUT2D eigenvalue weighted by Crippen LogP contribution is -2.34. The van der Waals surface area contributed by atoms with E-state index >= 15 is 0 Å². The van der Waals surface area contributed by atoms with Gasteiger partial charge in [-0.25, -0.2) is 0 Å². The van der Waals surface area contributed by atoms with E-state index in [1.54, 1.807) is 0 Å². The maximum atomic E-state index is 5.90. The van der Waals surface area contributed by atoms with Gasteiger partial charge in [0.25, 0.3) is 0 Å². The minimum atomic E-state index is -0.392. The lowest BCUT2D eigenvalue weighted by atomic mass is 10.1. The summed E-state index contributed by atoms with van der Waals surface area (Å²) < 4.78 is 10.9. The van der Waals surface area contributed by atoms with Gasteiger partial charge in [-0.3, -0.25) is 0 Å². The molecule has 2 aromatic rings. The van der Waals surface area contributed by atoms with Crippen molar-refractivity contribution in [2.24, 2.45) is 11.5 Å². The van der Waals surface area contributed by atoms with Gasteiger partial charge in [0.2, 0.25) is 0 Å². The van der Waals surface area contributed by atoms with E-state index in [1.807, 2.05) is 60.7 Å². The van der Waals surface area contributed by atoms with Gasteiger partial charge in [0.1, 0.15) is 0 Å². The fraction of sp³-hybridized carbons (Fsp3) is 0.250. The highest BCUT2D eigenvalue weighted by Crippen LogP contribution is 2.04. The Hall–Kier alpha value is -1.66. The van der Waals surface area contributed by atoms with Crippen molar-refractivity contribution >= 4 is 7.69 Å². The number of hydrogen-bond acceptors (Lipinski definition) is 4. The van der Waals surface area contributed by atoms with Crippen molar-refractivity contribution in [3.8, 4) is 0 Å². The highest BCUT2D eigenvalue weighted by atomic mass is 16.6. The van der Waals surface area contributed by atoms with Crippen LogP contribution in [0, 0.1) is 0 Å². The Kier molecular flexibility index (Phi) is 6.43. The van der Waals surface area contributed by atoms with E-state index in [9.17, 15) is 0 Å². The minimum Gasteiger partial charge on any atom is -0.398 e. The molecule has 0 spiro atoms. The van der Waals surface area contributed by atoms with Crippen LogP contribution in [0.1, 0.15) is 11.1 Å². The van der Waals surface area contributed by atoms with Crippen LogP contribution in [0.4, 0.5) is 0 Å². The molecule has 4 nitrogen and oxygen atoms in total. The molecule has 2 atom stereocenters. The lowest BCUT2D eigenvalue weighted by molar-refractivity contribution is 0.124. The molecule has 0 radical (unpaired) electrons. The first-order valence-electron chi connectivity index (χ1n) is 7.06. The van der Waals surface area contributed by atoms with Crippen molar-refractivity contribution in [1.29, 1.82) is 0 Å². The van der Waals surface area contributed by atoms with Crippen molar-refractivity contribution in [2.75, 3.05) is 0 Å². The second-order valence-corrected chi connectivity index (χ2v) is 4.91. The van der Waals surface area contributed by atoms with E-state index in [-0.39, 0.29) is 7.69 Å². The second kappa shape index (κ2) is 8.59. The first-order chi connectivity index (χ1) is 10.2. The second-order valence-electron chi connectivity index (χ2n) is 4.91. The van der Waals surface area contributed by atoms with Crippen molar-refractivity contribution in [3.63, 3.8) is 0 Å². The van der Waals surface area contributed by atoms with Crippen LogP contribution in [0.5, 0.6) is 0 Å². The average molecular weight is 284 g/mol. The molecule has 0 saturated carbocycles. The highest BCUT2D eigenvalue weighted by molar-refractivity contribution is 6.18. The van der Waals surface area contributed by atoms with Gasteiger partial charge in [0.15, 0.2) is 0 Å². The molecule has 4 N–H and O–H groups in total. The Balaban J connectivity index is 1.64. The zero-order valence-corrected chi connectivity index (χ0v) is 12.0. The van der Waals surface area contributed by atoms with Gasteiger partial charge in [-0.15, -0.1) is 0 Å². The fourth-order valence-corrected chi connectivity index (χ4v) is 2.02. The van der Waals surface area contributed by atoms with E-state index in [2.05, 4.69) is 0 Å². The van der Waals surface area contributed by atoms with Gasteiger partial charge >= 0.3 is 7.69 Å². The molecule has 0 aliphatic rings. The quantitative estimate of drug-likeness (QED) is 0.567. The smallest absolute Gasteiger partial charge is 0.398 e. The van der Waals surface area contributed by atoms with Gasteiger partial charge in [-0.2, -0.15) is 0 Å². The van der Waals surface area contributed by atoms with Gasteiger partial charge in [0.05, 0.1) is 12.5 Å². The van der Waals surface area contributed by atoms with Crippen molar-refractivity contribution in [1.82, 2.24) is 0 Å². The molecular weight excluding hydrogens is 263 g/mol. The summed E-state index contributed by atoms with van der Waals surface area (Å²) in [7, 11) is 0.0992. The summed E-state index contributed by atoms with van der Waals surface area (Å²) in [6, 6.07) is 19.9. The zero-order valence-electron chi connectivity index (χ0n) is 12.0. The SMILES string of the molecule is NC(Cc1ccccc1)OBOC(N)Cc1ccccc1. The molecule has 0 bridgehead atoms. The predicted molar refractivity (Wildman–Crippen MR) is 85.6 cm³/mol. The van der Waals surface area contributed by atoms with Crippen LogP contribution < -0.4 is 11.5 Å². The third-order valence-corrected chi connectivity index (χ3v) is 3.12. The Morgan fingerprint density at radius 2 is 1.10 bits per heavy atom. The molecule has 0 fully saturated rings. The number of hydrogen-bond donors (Lipinski definition) is 2. The predicted octanol–water partition coefficient (Wildman–Crippen LogP) is 1.34. The Morgan fingerprint density at radius 3 is 1.48 bits per heavy atom. The molecule has 0 amide bonds. The zero-order chi connectivity index (χ0) is 14.9. The maximum Gasteiger partial charge on any atom is 0.440 e. The van der Waals surface area contributed by atoms with Gasteiger partial charge in [-0.1, -0.05) is 60.7 Å². The molecule has 0 saturated heterocycles. The Labute approximate surface area is 126 Å². The topological polar surface area (TPSA) is 70.5 Å². The molecule has 2 unspecified atom stereocenters. The standard InChI is InChI=1S/C16H21BN2O2/c18-15(11-13-7-3-1-4-8-13)20-17-21-16(19)12-14-9-5-2-6-10-14/h1-10,15-17H,11-12,18-19H2. The fourth-order valence-electron chi connectivity index (χ4n) is 2.02. The Bertz CT molecular complexity index is 463. The first kappa shape index (κ1) is 15.7. The van der Waals surface area contributed by atoms with Crippen LogP contribution in [0.3, 0.4) is 0 Å². The van der Waals surface area contributed by atoms with E-state index in [1.165, 1.54) is 0 Å². The van der Waals surface area contributed by atoms with Crippen molar-refractivity contribution < 1.29 is 9.31 Å². The monoisotopic (exact) mass is 284 g/mol. The molecule has 2 rings (SSSR count). The normalized spacial score (nSPS) is 13.6. The lowest BCUT2D eigenvalue weighted by Gasteiger charge is -2.16. The van der Waals surface area contributed by atoms with Crippen LogP contribution in [-0.4, -0.2) is 20.1 Å². The number of nitrogens with two attached hydrogens (primary N) is 2. The van der Waals surface area contributed by atoms with Crippen LogP contribution in [0.25, 0.3) is 0 Å². The third kappa shape index (κ3) is 6.10. The largest absolute Gasteiger partial charge is 0.440 e. The summed E-state index contributed by atoms with van der Waals surface area (Å²) in [6.45, 7) is 0. The molecule has 0 aromatic heterocycles. The summed E-state index contributed by atoms with van der Waals surface area (Å²) >= 11 is 0. The van der Waals surface area contributed by atoms with E-state index in [0.29, 0.717) is 12.8 Å². The summed E-state index contributed by atoms with van der Waals surface area (Å²) in [4.78, 5) is 0. The van der Waals surface area contributed by atoms with Crippen LogP contribution in [0.2, 0.25) is 0 Å². The van der Waals surface area contributed by atoms with Gasteiger partial charge in [-0.05, 0) is 11.1 Å². The maximum absolute atomic E-state index is 5.90. The minimum absolute atomic E-state index is 0.0992. The number of rotatable bonds is 8. The summed E-state index contributed by atoms with van der Waals surface area (Å²) in [5, 5.41) is 0. The van der Waals surface area contributed by atoms with Crippen molar-refractivity contribution in [2.45, 2.75) is 25.3 Å². The van der Waals surface area contributed by atoms with Crippen LogP contribution >= 0.6 is 0 Å². The Morgan fingerprint density at radius 1 is 0.714 bits per heavy atom. The molecule has 0 aliphatic heterocycles. The van der Waals surface area contributed by atoms with Crippen LogP contribution in [0.15, 0.2) is 60.7 Å². The highest BCUT2D eigenvalue weighted by Gasteiger charge is 2.09. The van der Waals surface area contributed by atoms with Crippen LogP contribution in [-0.2, 0) is 22.2 Å². The molecule has 5 heteroatoms. The van der Waals surface area contributed by atoms with E-state index in [4.69, 9.17) is 20.8 Å². The molecular formula is C16H21BN2O2.